The van der Waals surface area contributed by atoms with Crippen molar-refractivity contribution >= 4 is 11.8 Å². The number of amides is 2. The lowest BCUT2D eigenvalue weighted by Crippen LogP contribution is -2.54. The zero-order valence-electron chi connectivity index (χ0n) is 16.0. The number of hydrogen-bond donors (Lipinski definition) is 1. The van der Waals surface area contributed by atoms with E-state index in [2.05, 4.69) is 14.9 Å². The third-order valence-corrected chi connectivity index (χ3v) is 6.58. The van der Waals surface area contributed by atoms with Crippen LogP contribution in [0.4, 0.5) is 0 Å². The lowest BCUT2D eigenvalue weighted by Gasteiger charge is -2.44. The van der Waals surface area contributed by atoms with Crippen molar-refractivity contribution in [2.24, 2.45) is 5.41 Å². The van der Waals surface area contributed by atoms with Crippen molar-refractivity contribution in [3.63, 3.8) is 0 Å². The van der Waals surface area contributed by atoms with E-state index in [1.54, 1.807) is 11.8 Å². The van der Waals surface area contributed by atoms with Crippen LogP contribution in [0.2, 0.25) is 0 Å². The molecule has 1 aromatic heterocycles. The summed E-state index contributed by atoms with van der Waals surface area (Å²) < 4.78 is 0. The van der Waals surface area contributed by atoms with Gasteiger partial charge in [0, 0.05) is 31.9 Å². The predicted octanol–water partition coefficient (Wildman–Crippen LogP) is 1.87. The third-order valence-electron chi connectivity index (χ3n) is 6.58. The van der Waals surface area contributed by atoms with Gasteiger partial charge in [-0.05, 0) is 39.0 Å². The van der Waals surface area contributed by atoms with Crippen LogP contribution in [0.1, 0.15) is 67.5 Å². The third kappa shape index (κ3) is 3.28. The molecule has 1 N–H and O–H groups in total. The van der Waals surface area contributed by atoms with E-state index in [0.29, 0.717) is 31.4 Å². The monoisotopic (exact) mass is 372 g/mol. The second-order valence-corrected chi connectivity index (χ2v) is 8.36. The van der Waals surface area contributed by atoms with E-state index in [-0.39, 0.29) is 17.4 Å². The molecule has 2 aliphatic heterocycles. The predicted molar refractivity (Wildman–Crippen MR) is 100 cm³/mol. The van der Waals surface area contributed by atoms with E-state index < -0.39 is 11.0 Å². The van der Waals surface area contributed by atoms with Gasteiger partial charge in [-0.2, -0.15) is 0 Å². The second-order valence-electron chi connectivity index (χ2n) is 8.36. The van der Waals surface area contributed by atoms with Crippen LogP contribution in [0, 0.1) is 12.3 Å². The summed E-state index contributed by atoms with van der Waals surface area (Å²) in [5, 5.41) is 0. The number of hydrogen-bond acceptors (Lipinski definition) is 4. The number of aromatic nitrogens is 2. The summed E-state index contributed by atoms with van der Waals surface area (Å²) in [6.07, 6.45) is 9.76. The van der Waals surface area contributed by atoms with Crippen LogP contribution in [-0.2, 0) is 4.79 Å². The molecule has 1 aliphatic carbocycles. The van der Waals surface area contributed by atoms with E-state index in [0.717, 1.165) is 32.2 Å². The SMILES string of the molecule is Cc1ncc(C(=O)N2CC[C@]3(CCCN(C4CCCCC4)C3=O)C2)c(=O)[nH]1. The first-order valence-electron chi connectivity index (χ1n) is 10.2. The van der Waals surface area contributed by atoms with E-state index >= 15 is 0 Å². The largest absolute Gasteiger partial charge is 0.339 e. The van der Waals surface area contributed by atoms with Gasteiger partial charge in [0.05, 0.1) is 5.41 Å². The maximum Gasteiger partial charge on any atom is 0.263 e. The standard InChI is InChI=1S/C20H28N4O3/c1-14-21-12-16(17(25)22-14)18(26)23-11-9-20(13-23)8-5-10-24(19(20)27)15-6-3-2-4-7-15/h12,15H,2-11,13H2,1H3,(H,21,22,25)/t20-/m1/s1. The van der Waals surface area contributed by atoms with Gasteiger partial charge in [0.25, 0.3) is 11.5 Å². The fourth-order valence-electron chi connectivity index (χ4n) is 5.07. The second kappa shape index (κ2) is 7.09. The van der Waals surface area contributed by atoms with Crippen LogP contribution in [0.25, 0.3) is 0 Å². The number of rotatable bonds is 2. The summed E-state index contributed by atoms with van der Waals surface area (Å²) in [5.41, 5.74) is -0.812. The molecule has 3 fully saturated rings. The van der Waals surface area contributed by atoms with Crippen LogP contribution in [-0.4, -0.2) is 57.3 Å². The molecule has 1 saturated carbocycles. The van der Waals surface area contributed by atoms with Crippen LogP contribution in [0.15, 0.2) is 11.0 Å². The molecule has 0 aromatic carbocycles. The topological polar surface area (TPSA) is 86.4 Å². The number of aryl methyl sites for hydroxylation is 1. The van der Waals surface area contributed by atoms with Gasteiger partial charge in [-0.15, -0.1) is 0 Å². The Hall–Kier alpha value is -2.18. The van der Waals surface area contributed by atoms with Crippen molar-refractivity contribution in [1.29, 1.82) is 0 Å². The highest BCUT2D eigenvalue weighted by atomic mass is 16.2. The van der Waals surface area contributed by atoms with E-state index in [4.69, 9.17) is 0 Å². The van der Waals surface area contributed by atoms with Crippen molar-refractivity contribution in [2.45, 2.75) is 64.3 Å². The fourth-order valence-corrected chi connectivity index (χ4v) is 5.07. The normalized spacial score (nSPS) is 26.8. The molecule has 0 unspecified atom stereocenters. The van der Waals surface area contributed by atoms with Gasteiger partial charge in [-0.1, -0.05) is 19.3 Å². The quantitative estimate of drug-likeness (QED) is 0.859. The molecule has 7 nitrogen and oxygen atoms in total. The van der Waals surface area contributed by atoms with Crippen molar-refractivity contribution in [2.75, 3.05) is 19.6 Å². The van der Waals surface area contributed by atoms with Crippen molar-refractivity contribution in [1.82, 2.24) is 19.8 Å². The number of H-pyrrole nitrogens is 1. The molecule has 0 bridgehead atoms. The summed E-state index contributed by atoms with van der Waals surface area (Å²) in [7, 11) is 0. The Balaban J connectivity index is 1.51. The summed E-state index contributed by atoms with van der Waals surface area (Å²) >= 11 is 0. The molecule has 2 amide bonds. The average molecular weight is 372 g/mol. The number of nitrogens with zero attached hydrogens (tertiary/aromatic N) is 3. The van der Waals surface area contributed by atoms with Gasteiger partial charge >= 0.3 is 0 Å². The molecule has 146 valence electrons. The number of carbonyl (C=O) groups excluding carboxylic acids is 2. The Bertz CT molecular complexity index is 799. The van der Waals surface area contributed by atoms with Crippen LogP contribution in [0.3, 0.4) is 0 Å². The van der Waals surface area contributed by atoms with E-state index in [1.165, 1.54) is 25.5 Å². The average Bonchev–Trinajstić information content (AvgIpc) is 3.09. The molecule has 0 radical (unpaired) electrons. The maximum absolute atomic E-state index is 13.4. The number of piperidine rings is 1. The lowest BCUT2D eigenvalue weighted by atomic mass is 9.77. The molecule has 2 saturated heterocycles. The van der Waals surface area contributed by atoms with Gasteiger partial charge in [-0.25, -0.2) is 4.98 Å². The molecule has 27 heavy (non-hydrogen) atoms. The van der Waals surface area contributed by atoms with Gasteiger partial charge in [0.1, 0.15) is 11.4 Å². The minimum absolute atomic E-state index is 0.0602. The number of carbonyl (C=O) groups is 2. The first-order valence-corrected chi connectivity index (χ1v) is 10.2. The van der Waals surface area contributed by atoms with Crippen molar-refractivity contribution in [3.05, 3.63) is 27.9 Å². The summed E-state index contributed by atoms with van der Waals surface area (Å²) in [6.45, 7) is 3.47. The molecule has 4 rings (SSSR count). The molecular weight excluding hydrogens is 344 g/mol. The number of likely N-dealkylation sites (tertiary alicyclic amines) is 2. The van der Waals surface area contributed by atoms with Gasteiger partial charge in [0.2, 0.25) is 5.91 Å². The highest BCUT2D eigenvalue weighted by molar-refractivity contribution is 5.95. The first-order chi connectivity index (χ1) is 13.0. The van der Waals surface area contributed by atoms with Gasteiger partial charge in [-0.3, -0.25) is 14.4 Å². The van der Waals surface area contributed by atoms with Crippen LogP contribution in [0.5, 0.6) is 0 Å². The van der Waals surface area contributed by atoms with Crippen molar-refractivity contribution < 1.29 is 9.59 Å². The molecule has 7 heteroatoms. The van der Waals surface area contributed by atoms with Crippen LogP contribution >= 0.6 is 0 Å². The minimum atomic E-state index is -0.462. The fraction of sp³-hybridized carbons (Fsp3) is 0.700. The smallest absolute Gasteiger partial charge is 0.263 e. The maximum atomic E-state index is 13.4. The molecule has 1 spiro atoms. The molecular formula is C20H28N4O3. The Morgan fingerprint density at radius 3 is 2.67 bits per heavy atom. The molecule has 3 heterocycles. The summed E-state index contributed by atoms with van der Waals surface area (Å²) in [5.74, 6) is 0.398. The van der Waals surface area contributed by atoms with E-state index in [9.17, 15) is 14.4 Å². The zero-order chi connectivity index (χ0) is 19.0. The Labute approximate surface area is 159 Å². The molecule has 3 aliphatic rings. The van der Waals surface area contributed by atoms with Crippen molar-refractivity contribution in [3.8, 4) is 0 Å². The zero-order valence-corrected chi connectivity index (χ0v) is 16.0. The first kappa shape index (κ1) is 18.2. The van der Waals surface area contributed by atoms with Crippen LogP contribution < -0.4 is 5.56 Å². The number of nitrogens with one attached hydrogen (secondary N) is 1. The van der Waals surface area contributed by atoms with Gasteiger partial charge < -0.3 is 14.8 Å². The molecule has 1 aromatic rings. The Kier molecular flexibility index (Phi) is 4.78. The van der Waals surface area contributed by atoms with Gasteiger partial charge in [0.15, 0.2) is 0 Å². The number of aromatic amines is 1. The highest BCUT2D eigenvalue weighted by Crippen LogP contribution is 2.42. The minimum Gasteiger partial charge on any atom is -0.339 e. The lowest BCUT2D eigenvalue weighted by molar-refractivity contribution is -0.149. The molecule has 1 atom stereocenters. The Morgan fingerprint density at radius 2 is 1.93 bits per heavy atom. The summed E-state index contributed by atoms with van der Waals surface area (Å²) in [4.78, 5) is 48.7. The Morgan fingerprint density at radius 1 is 1.15 bits per heavy atom. The van der Waals surface area contributed by atoms with E-state index in [1.807, 2.05) is 0 Å². The highest BCUT2D eigenvalue weighted by Gasteiger charge is 2.50. The summed E-state index contributed by atoms with van der Waals surface area (Å²) in [6, 6.07) is 0.373.